The number of aromatic nitrogens is 4. The number of rotatable bonds is 7. The zero-order chi connectivity index (χ0) is 30.2. The summed E-state index contributed by atoms with van der Waals surface area (Å²) in [6, 6.07) is -0.0980. The zero-order valence-corrected chi connectivity index (χ0v) is 24.8. The van der Waals surface area contributed by atoms with Crippen molar-refractivity contribution in [1.29, 1.82) is 0 Å². The maximum absolute atomic E-state index is 14.9. The van der Waals surface area contributed by atoms with Gasteiger partial charge >= 0.3 is 12.2 Å². The predicted molar refractivity (Wildman–Crippen MR) is 151 cm³/mol. The van der Waals surface area contributed by atoms with Crippen LogP contribution in [0.3, 0.4) is 0 Å². The first-order valence-corrected chi connectivity index (χ1v) is 14.4. The van der Waals surface area contributed by atoms with Crippen LogP contribution in [0.15, 0.2) is 6.20 Å². The molecule has 5 rings (SSSR count). The third-order valence-electron chi connectivity index (χ3n) is 7.47. The molecule has 230 valence electrons. The number of hydrogen-bond donors (Lipinski definition) is 3. The number of carbonyl (C=O) groups excluding carboxylic acids is 3. The molecule has 14 nitrogen and oxygen atoms in total. The summed E-state index contributed by atoms with van der Waals surface area (Å²) < 4.78 is 27.2. The molecular weight excluding hydrogens is 549 g/mol. The Bertz CT molecular complexity index is 1330. The highest BCUT2D eigenvalue weighted by Gasteiger charge is 2.48. The fourth-order valence-corrected chi connectivity index (χ4v) is 5.21. The molecule has 42 heavy (non-hydrogen) atoms. The molecule has 0 aliphatic carbocycles. The van der Waals surface area contributed by atoms with Gasteiger partial charge in [0.1, 0.15) is 12.2 Å². The Balaban J connectivity index is 1.14. The first-order valence-electron chi connectivity index (χ1n) is 14.4. The molecule has 3 fully saturated rings. The van der Waals surface area contributed by atoms with Gasteiger partial charge in [0, 0.05) is 37.7 Å². The van der Waals surface area contributed by atoms with E-state index in [-0.39, 0.29) is 37.0 Å². The van der Waals surface area contributed by atoms with E-state index in [1.807, 2.05) is 0 Å². The normalized spacial score (nSPS) is 20.8. The molecule has 0 spiro atoms. The van der Waals surface area contributed by atoms with E-state index in [1.165, 1.54) is 4.90 Å². The molecule has 0 unspecified atom stereocenters. The lowest BCUT2D eigenvalue weighted by atomic mass is 9.98. The summed E-state index contributed by atoms with van der Waals surface area (Å²) in [4.78, 5) is 48.6. The topological polar surface area (TPSA) is 155 Å². The van der Waals surface area contributed by atoms with E-state index >= 15 is 0 Å². The fourth-order valence-electron chi connectivity index (χ4n) is 5.21. The van der Waals surface area contributed by atoms with Crippen molar-refractivity contribution in [2.75, 3.05) is 50.0 Å². The number of nitrogens with zero attached hydrogens (tertiary/aromatic N) is 6. The van der Waals surface area contributed by atoms with Gasteiger partial charge in [-0.1, -0.05) is 13.8 Å². The van der Waals surface area contributed by atoms with Crippen molar-refractivity contribution in [3.8, 4) is 0 Å². The summed E-state index contributed by atoms with van der Waals surface area (Å²) in [5.41, 5.74) is -0.781. The number of fused-ring (bicyclic) bond motifs is 1. The summed E-state index contributed by atoms with van der Waals surface area (Å²) in [6.45, 7) is 9.96. The SMILES string of the molecule is CC(C)c1cnn2c(NC3CCN(C(=O)OCC4(F)CN(C(=O)OC(C)(C)C)C4)CC3)nc(N[C@@H]3CNC(=O)C3)nc12. The van der Waals surface area contributed by atoms with Gasteiger partial charge in [0.2, 0.25) is 17.8 Å². The highest BCUT2D eigenvalue weighted by atomic mass is 19.1. The van der Waals surface area contributed by atoms with Gasteiger partial charge in [-0.05, 0) is 39.5 Å². The van der Waals surface area contributed by atoms with Gasteiger partial charge in [-0.25, -0.2) is 14.0 Å². The summed E-state index contributed by atoms with van der Waals surface area (Å²) in [5, 5.41) is 14.0. The van der Waals surface area contributed by atoms with Gasteiger partial charge < -0.3 is 35.2 Å². The summed E-state index contributed by atoms with van der Waals surface area (Å²) in [7, 11) is 0. The first-order chi connectivity index (χ1) is 19.8. The van der Waals surface area contributed by atoms with Crippen molar-refractivity contribution < 1.29 is 28.2 Å². The van der Waals surface area contributed by atoms with Crippen molar-refractivity contribution in [1.82, 2.24) is 34.7 Å². The molecule has 0 radical (unpaired) electrons. The van der Waals surface area contributed by atoms with Gasteiger partial charge in [0.15, 0.2) is 11.3 Å². The van der Waals surface area contributed by atoms with Crippen LogP contribution < -0.4 is 16.0 Å². The minimum Gasteiger partial charge on any atom is -0.446 e. The third kappa shape index (κ3) is 6.76. The van der Waals surface area contributed by atoms with E-state index in [1.54, 1.807) is 36.4 Å². The van der Waals surface area contributed by atoms with Crippen molar-refractivity contribution in [2.45, 2.75) is 83.2 Å². The maximum atomic E-state index is 14.9. The number of piperidine rings is 1. The van der Waals surface area contributed by atoms with Crippen molar-refractivity contribution in [3.05, 3.63) is 11.8 Å². The predicted octanol–water partition coefficient (Wildman–Crippen LogP) is 2.52. The second kappa shape index (κ2) is 11.4. The Morgan fingerprint density at radius 3 is 2.45 bits per heavy atom. The van der Waals surface area contributed by atoms with Crippen LogP contribution in [0.1, 0.15) is 65.4 Å². The van der Waals surface area contributed by atoms with Crippen LogP contribution in [-0.2, 0) is 14.3 Å². The molecule has 3 amide bonds. The van der Waals surface area contributed by atoms with Gasteiger partial charge in [-0.3, -0.25) is 4.79 Å². The Labute approximate surface area is 243 Å². The molecule has 3 aliphatic heterocycles. The lowest BCUT2D eigenvalue weighted by Gasteiger charge is -2.44. The van der Waals surface area contributed by atoms with E-state index < -0.39 is 30.1 Å². The molecule has 5 heterocycles. The standard InChI is InChI=1S/C27H40FN9O5/c1-16(2)19-12-30-37-21(19)33-22(31-18-10-20(38)29-11-18)34-23(37)32-17-6-8-35(9-7-17)24(39)41-15-27(28)13-36(14-27)25(40)42-26(3,4)5/h12,16-18H,6-11,13-15H2,1-5H3,(H,29,38)(H2,31,32,33,34)/t18-/m0/s1. The number of ether oxygens (including phenoxy) is 2. The molecule has 2 aromatic rings. The Morgan fingerprint density at radius 1 is 1.12 bits per heavy atom. The summed E-state index contributed by atoms with van der Waals surface area (Å²) in [6.07, 6.45) is 2.22. The fraction of sp³-hybridized carbons (Fsp3) is 0.704. The number of nitrogens with one attached hydrogen (secondary N) is 3. The number of alkyl halides is 1. The van der Waals surface area contributed by atoms with Crippen molar-refractivity contribution in [2.24, 2.45) is 0 Å². The molecule has 3 aliphatic rings. The maximum Gasteiger partial charge on any atom is 0.410 e. The Morgan fingerprint density at radius 2 is 1.83 bits per heavy atom. The second-order valence-corrected chi connectivity index (χ2v) is 12.7. The lowest BCUT2D eigenvalue weighted by Crippen LogP contribution is -2.64. The number of carbonyl (C=O) groups is 3. The minimum absolute atomic E-state index is 0.00274. The molecule has 3 saturated heterocycles. The Hall–Kier alpha value is -3.91. The zero-order valence-electron chi connectivity index (χ0n) is 24.8. The number of amides is 3. The van der Waals surface area contributed by atoms with E-state index in [2.05, 4.69) is 44.9 Å². The molecule has 0 aromatic carbocycles. The highest BCUT2D eigenvalue weighted by Crippen LogP contribution is 2.28. The molecule has 2 aromatic heterocycles. The smallest absolute Gasteiger partial charge is 0.410 e. The minimum atomic E-state index is -1.78. The molecule has 1 atom stereocenters. The summed E-state index contributed by atoms with van der Waals surface area (Å²) in [5.74, 6) is 1.12. The van der Waals surface area contributed by atoms with Crippen LogP contribution in [-0.4, -0.2) is 110 Å². The van der Waals surface area contributed by atoms with Crippen LogP contribution in [0.5, 0.6) is 0 Å². The van der Waals surface area contributed by atoms with Crippen LogP contribution in [0.4, 0.5) is 25.9 Å². The van der Waals surface area contributed by atoms with Crippen LogP contribution in [0.2, 0.25) is 0 Å². The quantitative estimate of drug-likeness (QED) is 0.439. The molecule has 0 bridgehead atoms. The van der Waals surface area contributed by atoms with Gasteiger partial charge in [-0.15, -0.1) is 0 Å². The van der Waals surface area contributed by atoms with Gasteiger partial charge in [0.25, 0.3) is 0 Å². The number of likely N-dealkylation sites (tertiary alicyclic amines) is 2. The van der Waals surface area contributed by atoms with Crippen LogP contribution >= 0.6 is 0 Å². The first kappa shape index (κ1) is 29.6. The van der Waals surface area contributed by atoms with E-state index in [9.17, 15) is 18.8 Å². The third-order valence-corrected chi connectivity index (χ3v) is 7.47. The van der Waals surface area contributed by atoms with E-state index in [4.69, 9.17) is 9.47 Å². The van der Waals surface area contributed by atoms with Gasteiger partial charge in [0.05, 0.1) is 25.3 Å². The van der Waals surface area contributed by atoms with Crippen LogP contribution in [0, 0.1) is 0 Å². The van der Waals surface area contributed by atoms with E-state index in [0.717, 1.165) is 5.56 Å². The summed E-state index contributed by atoms with van der Waals surface area (Å²) >= 11 is 0. The largest absolute Gasteiger partial charge is 0.446 e. The van der Waals surface area contributed by atoms with Crippen LogP contribution in [0.25, 0.3) is 5.65 Å². The average Bonchev–Trinajstić information content (AvgIpc) is 3.51. The highest BCUT2D eigenvalue weighted by molar-refractivity contribution is 5.79. The Kier molecular flexibility index (Phi) is 8.03. The molecular formula is C27H40FN9O5. The lowest BCUT2D eigenvalue weighted by molar-refractivity contribution is -0.119. The molecule has 15 heteroatoms. The number of hydrogen-bond acceptors (Lipinski definition) is 10. The second-order valence-electron chi connectivity index (χ2n) is 12.7. The van der Waals surface area contributed by atoms with E-state index in [0.29, 0.717) is 56.4 Å². The molecule has 3 N–H and O–H groups in total. The number of anilines is 2. The number of halogens is 1. The molecule has 0 saturated carbocycles. The average molecular weight is 590 g/mol. The monoisotopic (exact) mass is 589 g/mol. The van der Waals surface area contributed by atoms with Crippen molar-refractivity contribution >= 4 is 35.6 Å². The van der Waals surface area contributed by atoms with Gasteiger partial charge in [-0.2, -0.15) is 19.6 Å². The van der Waals surface area contributed by atoms with Crippen molar-refractivity contribution in [3.63, 3.8) is 0 Å².